The molecule has 0 saturated carbocycles. The minimum absolute atomic E-state index is 0.195. The van der Waals surface area contributed by atoms with E-state index in [1.54, 1.807) is 0 Å². The zero-order valence-electron chi connectivity index (χ0n) is 9.72. The van der Waals surface area contributed by atoms with Crippen LogP contribution in [0.1, 0.15) is 23.2 Å². The van der Waals surface area contributed by atoms with E-state index in [9.17, 15) is 9.59 Å². The fourth-order valence-corrected chi connectivity index (χ4v) is 1.45. The van der Waals surface area contributed by atoms with E-state index in [-0.39, 0.29) is 43.0 Å². The fourth-order valence-electron chi connectivity index (χ4n) is 1.45. The van der Waals surface area contributed by atoms with Crippen LogP contribution in [0.5, 0.6) is 0 Å². The van der Waals surface area contributed by atoms with Crippen LogP contribution in [0.3, 0.4) is 0 Å². The average molecular weight is 244 g/mol. The molecule has 0 aliphatic carbocycles. The van der Waals surface area contributed by atoms with Gasteiger partial charge in [0.2, 0.25) is 5.56 Å². The van der Waals surface area contributed by atoms with E-state index in [0.717, 1.165) is 0 Å². The Morgan fingerprint density at radius 2 is 1.89 bits per heavy atom. The summed E-state index contributed by atoms with van der Waals surface area (Å²) in [5.74, 6) is -0.341. The highest BCUT2D eigenvalue weighted by Gasteiger charge is 2.15. The van der Waals surface area contributed by atoms with Crippen LogP contribution in [0.15, 0.2) is 23.1 Å². The second-order valence-corrected chi connectivity index (χ2v) is 3.55. The van der Waals surface area contributed by atoms with Gasteiger partial charge in [0.15, 0.2) is 0 Å². The first-order valence-electron chi connectivity index (χ1n) is 5.41. The molecule has 1 heterocycles. The molecule has 0 atom stereocenters. The van der Waals surface area contributed by atoms with Crippen molar-refractivity contribution < 1.29 is 4.79 Å². The topological polar surface area (TPSA) is 101 Å². The molecule has 92 valence electrons. The summed E-state index contributed by atoms with van der Waals surface area (Å²) in [6.45, 7) is 0.508. The Labute approximate surface area is 104 Å². The zero-order valence-corrected chi connectivity index (χ0v) is 9.72. The molecule has 1 amide bonds. The van der Waals surface area contributed by atoms with Crippen molar-refractivity contribution in [3.05, 3.63) is 34.2 Å². The third-order valence-electron chi connectivity index (χ3n) is 2.30. The maximum absolute atomic E-state index is 12.1. The van der Waals surface area contributed by atoms with E-state index in [1.165, 1.54) is 23.2 Å². The molecular weight excluding hydrogens is 232 g/mol. The molecule has 0 aromatic carbocycles. The van der Waals surface area contributed by atoms with Crippen LogP contribution in [-0.4, -0.2) is 28.9 Å². The first-order chi connectivity index (χ1) is 8.69. The van der Waals surface area contributed by atoms with Gasteiger partial charge in [-0.15, -0.1) is 0 Å². The van der Waals surface area contributed by atoms with Gasteiger partial charge >= 0.3 is 0 Å². The van der Waals surface area contributed by atoms with Gasteiger partial charge in [-0.2, -0.15) is 10.5 Å². The number of H-pyrrole nitrogens is 1. The Balaban J connectivity index is 2.85. The third kappa shape index (κ3) is 3.76. The average Bonchev–Trinajstić information content (AvgIpc) is 2.38. The second-order valence-electron chi connectivity index (χ2n) is 3.55. The second kappa shape index (κ2) is 6.87. The van der Waals surface area contributed by atoms with Gasteiger partial charge in [-0.25, -0.2) is 0 Å². The highest BCUT2D eigenvalue weighted by molar-refractivity contribution is 5.94. The minimum atomic E-state index is -0.360. The summed E-state index contributed by atoms with van der Waals surface area (Å²) >= 11 is 0. The molecule has 0 bridgehead atoms. The number of nitrogens with one attached hydrogen (secondary N) is 1. The molecule has 0 aliphatic heterocycles. The van der Waals surface area contributed by atoms with Crippen LogP contribution >= 0.6 is 0 Å². The summed E-state index contributed by atoms with van der Waals surface area (Å²) in [5.41, 5.74) is -0.101. The van der Waals surface area contributed by atoms with Crippen molar-refractivity contribution in [2.24, 2.45) is 0 Å². The van der Waals surface area contributed by atoms with Crippen molar-refractivity contribution in [1.29, 1.82) is 10.5 Å². The lowest BCUT2D eigenvalue weighted by molar-refractivity contribution is 0.0762. The molecule has 18 heavy (non-hydrogen) atoms. The van der Waals surface area contributed by atoms with E-state index < -0.39 is 0 Å². The van der Waals surface area contributed by atoms with Gasteiger partial charge in [0.1, 0.15) is 0 Å². The molecule has 6 nitrogen and oxygen atoms in total. The molecule has 0 aliphatic rings. The van der Waals surface area contributed by atoms with Crippen LogP contribution in [0.4, 0.5) is 0 Å². The Kier molecular flexibility index (Phi) is 5.14. The molecule has 6 heteroatoms. The lowest BCUT2D eigenvalue weighted by Gasteiger charge is -2.20. The number of amides is 1. The number of aromatic nitrogens is 1. The van der Waals surface area contributed by atoms with Gasteiger partial charge < -0.3 is 9.88 Å². The Morgan fingerprint density at radius 3 is 2.39 bits per heavy atom. The highest BCUT2D eigenvalue weighted by atomic mass is 16.2. The van der Waals surface area contributed by atoms with E-state index in [2.05, 4.69) is 4.98 Å². The number of nitriles is 2. The normalized spacial score (nSPS) is 9.22. The lowest BCUT2D eigenvalue weighted by Crippen LogP contribution is -2.33. The van der Waals surface area contributed by atoms with E-state index in [0.29, 0.717) is 0 Å². The molecule has 1 rings (SSSR count). The number of aromatic amines is 1. The van der Waals surface area contributed by atoms with Crippen LogP contribution in [-0.2, 0) is 0 Å². The van der Waals surface area contributed by atoms with E-state index in [1.807, 2.05) is 12.1 Å². The van der Waals surface area contributed by atoms with Crippen molar-refractivity contribution in [3.8, 4) is 12.1 Å². The van der Waals surface area contributed by atoms with Gasteiger partial charge in [-0.3, -0.25) is 9.59 Å². The number of nitrogens with zero attached hydrogens (tertiary/aromatic N) is 3. The third-order valence-corrected chi connectivity index (χ3v) is 2.30. The molecule has 1 aromatic rings. The van der Waals surface area contributed by atoms with Crippen molar-refractivity contribution in [2.75, 3.05) is 13.1 Å². The summed E-state index contributed by atoms with van der Waals surface area (Å²) in [6.07, 6.45) is 1.78. The smallest absolute Gasteiger partial charge is 0.254 e. The summed E-state index contributed by atoms with van der Waals surface area (Å²) in [7, 11) is 0. The van der Waals surface area contributed by atoms with Crippen molar-refractivity contribution >= 4 is 5.91 Å². The monoisotopic (exact) mass is 244 g/mol. The van der Waals surface area contributed by atoms with E-state index in [4.69, 9.17) is 10.5 Å². The van der Waals surface area contributed by atoms with Crippen LogP contribution in [0, 0.1) is 22.7 Å². The van der Waals surface area contributed by atoms with Crippen LogP contribution in [0.25, 0.3) is 0 Å². The number of pyridine rings is 1. The van der Waals surface area contributed by atoms with E-state index >= 15 is 0 Å². The van der Waals surface area contributed by atoms with Gasteiger partial charge in [0, 0.05) is 30.9 Å². The largest absolute Gasteiger partial charge is 0.337 e. The van der Waals surface area contributed by atoms with Crippen LogP contribution < -0.4 is 5.56 Å². The highest BCUT2D eigenvalue weighted by Crippen LogP contribution is 2.03. The first-order valence-corrected chi connectivity index (χ1v) is 5.41. The number of hydrogen-bond acceptors (Lipinski definition) is 4. The summed E-state index contributed by atoms with van der Waals surface area (Å²) in [5, 5.41) is 17.1. The first kappa shape index (κ1) is 13.5. The Morgan fingerprint density at radius 1 is 1.28 bits per heavy atom. The summed E-state index contributed by atoms with van der Waals surface area (Å²) in [4.78, 5) is 27.0. The fraction of sp³-hybridized carbons (Fsp3) is 0.333. The maximum Gasteiger partial charge on any atom is 0.254 e. The summed E-state index contributed by atoms with van der Waals surface area (Å²) < 4.78 is 0. The molecule has 1 aromatic heterocycles. The number of rotatable bonds is 5. The maximum atomic E-state index is 12.1. The Hall–Kier alpha value is -2.60. The van der Waals surface area contributed by atoms with Crippen molar-refractivity contribution in [3.63, 3.8) is 0 Å². The molecule has 0 saturated heterocycles. The van der Waals surface area contributed by atoms with Crippen molar-refractivity contribution in [2.45, 2.75) is 12.8 Å². The predicted octanol–water partition coefficient (Wildman–Crippen LogP) is 0.644. The molecule has 1 N–H and O–H groups in total. The Bertz CT molecular complexity index is 532. The number of carbonyl (C=O) groups excluding carboxylic acids is 1. The summed E-state index contributed by atoms with van der Waals surface area (Å²) in [6, 6.07) is 6.59. The number of hydrogen-bond donors (Lipinski definition) is 1. The van der Waals surface area contributed by atoms with Gasteiger partial charge in [0.25, 0.3) is 5.91 Å². The molecule has 0 fully saturated rings. The van der Waals surface area contributed by atoms with Gasteiger partial charge in [-0.1, -0.05) is 0 Å². The van der Waals surface area contributed by atoms with Crippen molar-refractivity contribution in [1.82, 2.24) is 9.88 Å². The van der Waals surface area contributed by atoms with Gasteiger partial charge in [0.05, 0.1) is 25.0 Å². The zero-order chi connectivity index (χ0) is 13.4. The predicted molar refractivity (Wildman–Crippen MR) is 63.4 cm³/mol. The quantitative estimate of drug-likeness (QED) is 0.821. The molecular formula is C12H12N4O2. The molecule has 0 spiro atoms. The molecule has 0 unspecified atom stereocenters. The number of carbonyl (C=O) groups is 1. The standard InChI is InChI=1S/C12H12N4O2/c13-4-1-7-16(8-2-5-14)12(18)10-3-6-15-11(17)9-10/h3,6,9H,1-2,7-8H2,(H,15,17). The lowest BCUT2D eigenvalue weighted by atomic mass is 10.2. The minimum Gasteiger partial charge on any atom is -0.337 e. The van der Waals surface area contributed by atoms with Gasteiger partial charge in [-0.05, 0) is 6.07 Å². The molecule has 0 radical (unpaired) electrons. The SMILES string of the molecule is N#CCCN(CCC#N)C(=O)c1cc[nH]c(=O)c1. The van der Waals surface area contributed by atoms with Crippen LogP contribution in [0.2, 0.25) is 0 Å².